The van der Waals surface area contributed by atoms with Gasteiger partial charge in [0, 0.05) is 17.8 Å². The fourth-order valence-electron chi connectivity index (χ4n) is 4.66. The molecule has 0 bridgehead atoms. The van der Waals surface area contributed by atoms with Crippen molar-refractivity contribution in [2.24, 2.45) is 10.2 Å². The van der Waals surface area contributed by atoms with E-state index >= 15 is 0 Å². The molecule has 0 aliphatic carbocycles. The number of nitrogens with zero attached hydrogens (tertiary/aromatic N) is 4. The van der Waals surface area contributed by atoms with Gasteiger partial charge in [0.1, 0.15) is 11.8 Å². The minimum atomic E-state index is -0.787. The van der Waals surface area contributed by atoms with Crippen molar-refractivity contribution in [2.45, 2.75) is 12.1 Å². The Balaban J connectivity index is 1.29. The number of non-ortho nitro benzene ring substituents is 1. The average Bonchev–Trinajstić information content (AvgIpc) is 2.98. The van der Waals surface area contributed by atoms with E-state index in [1.807, 2.05) is 84.9 Å². The number of amides is 1. The highest BCUT2D eigenvalue weighted by molar-refractivity contribution is 6.05. The Hall–Kier alpha value is -5.37. The topological polar surface area (TPSA) is 97.4 Å². The summed E-state index contributed by atoms with van der Waals surface area (Å²) in [7, 11) is 0. The van der Waals surface area contributed by atoms with E-state index in [-0.39, 0.29) is 11.6 Å². The number of hydrogen-bond acceptors (Lipinski definition) is 6. The molecule has 1 amide bonds. The molecule has 39 heavy (non-hydrogen) atoms. The minimum absolute atomic E-state index is 0.0175. The number of carbonyl (C=O) groups excluding carboxylic acids is 1. The standard InChI is InChI=1S/C31H22N4O4/c36-31-30(39-28-19-12-21-6-4-5-7-23(21)20-28)29(22-10-15-27(16-11-22)35(37)38)34(31)26-17-13-25(14-18-26)33-32-24-8-2-1-3-9-24/h1-20,29-30H/t29-,30+/m1/s1. The summed E-state index contributed by atoms with van der Waals surface area (Å²) in [5, 5.41) is 21.8. The Morgan fingerprint density at radius 1 is 0.718 bits per heavy atom. The fraction of sp³-hybridized carbons (Fsp3) is 0.0645. The van der Waals surface area contributed by atoms with Gasteiger partial charge in [-0.25, -0.2) is 0 Å². The third kappa shape index (κ3) is 4.83. The van der Waals surface area contributed by atoms with E-state index in [9.17, 15) is 14.9 Å². The zero-order valence-corrected chi connectivity index (χ0v) is 20.6. The van der Waals surface area contributed by atoms with Crippen LogP contribution in [0.3, 0.4) is 0 Å². The monoisotopic (exact) mass is 514 g/mol. The van der Waals surface area contributed by atoms with Gasteiger partial charge in [0.25, 0.3) is 11.6 Å². The van der Waals surface area contributed by atoms with Crippen molar-refractivity contribution in [3.63, 3.8) is 0 Å². The van der Waals surface area contributed by atoms with Crippen LogP contribution < -0.4 is 9.64 Å². The van der Waals surface area contributed by atoms with Gasteiger partial charge in [0.05, 0.1) is 16.3 Å². The van der Waals surface area contributed by atoms with Crippen LogP contribution in [-0.2, 0) is 4.79 Å². The molecule has 5 aromatic carbocycles. The van der Waals surface area contributed by atoms with Gasteiger partial charge in [-0.3, -0.25) is 19.8 Å². The van der Waals surface area contributed by atoms with Crippen molar-refractivity contribution in [1.29, 1.82) is 0 Å². The maximum atomic E-state index is 13.4. The Morgan fingerprint density at radius 2 is 1.36 bits per heavy atom. The van der Waals surface area contributed by atoms with Crippen molar-refractivity contribution in [1.82, 2.24) is 0 Å². The van der Waals surface area contributed by atoms with Crippen LogP contribution in [0.2, 0.25) is 0 Å². The molecule has 8 heteroatoms. The average molecular weight is 515 g/mol. The van der Waals surface area contributed by atoms with E-state index < -0.39 is 17.1 Å². The lowest BCUT2D eigenvalue weighted by atomic mass is 9.89. The normalized spacial score (nSPS) is 16.8. The van der Waals surface area contributed by atoms with Crippen LogP contribution in [0.4, 0.5) is 22.7 Å². The number of nitro benzene ring substituents is 1. The molecular formula is C31H22N4O4. The molecule has 1 fully saturated rings. The first-order chi connectivity index (χ1) is 19.1. The first-order valence-corrected chi connectivity index (χ1v) is 12.4. The number of fused-ring (bicyclic) bond motifs is 1. The molecule has 190 valence electrons. The predicted molar refractivity (Wildman–Crippen MR) is 149 cm³/mol. The molecule has 0 unspecified atom stereocenters. The molecule has 0 N–H and O–H groups in total. The van der Waals surface area contributed by atoms with E-state index in [0.717, 1.165) is 22.0 Å². The number of rotatable bonds is 7. The van der Waals surface area contributed by atoms with E-state index in [1.54, 1.807) is 29.2 Å². The smallest absolute Gasteiger partial charge is 0.271 e. The van der Waals surface area contributed by atoms with Gasteiger partial charge in [-0.15, -0.1) is 0 Å². The Bertz CT molecular complexity index is 1690. The largest absolute Gasteiger partial charge is 0.478 e. The summed E-state index contributed by atoms with van der Waals surface area (Å²) in [5.74, 6) is 0.375. The van der Waals surface area contributed by atoms with Crippen molar-refractivity contribution < 1.29 is 14.5 Å². The van der Waals surface area contributed by atoms with Crippen LogP contribution in [0.5, 0.6) is 5.75 Å². The predicted octanol–water partition coefficient (Wildman–Crippen LogP) is 7.70. The number of benzene rings is 5. The molecule has 2 atom stereocenters. The number of azo groups is 1. The maximum absolute atomic E-state index is 13.4. The van der Waals surface area contributed by atoms with Crippen LogP contribution in [0.25, 0.3) is 10.8 Å². The molecule has 1 aliphatic heterocycles. The molecule has 1 heterocycles. The second-order valence-electron chi connectivity index (χ2n) is 9.10. The van der Waals surface area contributed by atoms with Gasteiger partial charge in [0.2, 0.25) is 6.10 Å². The maximum Gasteiger partial charge on any atom is 0.271 e. The summed E-state index contributed by atoms with van der Waals surface area (Å²) in [6.45, 7) is 0. The van der Waals surface area contributed by atoms with E-state index in [0.29, 0.717) is 17.1 Å². The Morgan fingerprint density at radius 3 is 2.05 bits per heavy atom. The molecular weight excluding hydrogens is 492 g/mol. The first-order valence-electron chi connectivity index (χ1n) is 12.4. The second kappa shape index (κ2) is 10.2. The van der Waals surface area contributed by atoms with Gasteiger partial charge < -0.3 is 4.74 Å². The van der Waals surface area contributed by atoms with E-state index in [4.69, 9.17) is 4.74 Å². The van der Waals surface area contributed by atoms with Gasteiger partial charge >= 0.3 is 0 Å². The van der Waals surface area contributed by atoms with E-state index in [2.05, 4.69) is 10.2 Å². The Kier molecular flexibility index (Phi) is 6.26. The van der Waals surface area contributed by atoms with E-state index in [1.165, 1.54) is 12.1 Å². The van der Waals surface area contributed by atoms with Crippen LogP contribution in [0.15, 0.2) is 132 Å². The number of β-lactam (4-membered cyclic amide) rings is 1. The molecule has 1 saturated heterocycles. The molecule has 0 aromatic heterocycles. The number of hydrogen-bond donors (Lipinski definition) is 0. The highest BCUT2D eigenvalue weighted by atomic mass is 16.6. The molecule has 0 saturated carbocycles. The van der Waals surface area contributed by atoms with Crippen molar-refractivity contribution in [3.05, 3.63) is 137 Å². The van der Waals surface area contributed by atoms with Gasteiger partial charge in [-0.05, 0) is 77.0 Å². The summed E-state index contributed by atoms with van der Waals surface area (Å²) in [6, 6.07) is 36.0. The highest BCUT2D eigenvalue weighted by Crippen LogP contribution is 2.42. The summed E-state index contributed by atoms with van der Waals surface area (Å²) in [4.78, 5) is 25.8. The molecule has 0 radical (unpaired) electrons. The van der Waals surface area contributed by atoms with Gasteiger partial charge in [-0.2, -0.15) is 10.2 Å². The zero-order chi connectivity index (χ0) is 26.8. The summed E-state index contributed by atoms with van der Waals surface area (Å²) >= 11 is 0. The molecule has 8 nitrogen and oxygen atoms in total. The SMILES string of the molecule is O=C1[C@@H](Oc2ccc3ccccc3c2)[C@@H](c2ccc([N+](=O)[O-])cc2)N1c1ccc(N=Nc2ccccc2)cc1. The Labute approximate surface area is 224 Å². The molecule has 1 aliphatic rings. The highest BCUT2D eigenvalue weighted by Gasteiger charge is 2.51. The second-order valence-corrected chi connectivity index (χ2v) is 9.10. The third-order valence-corrected chi connectivity index (χ3v) is 6.64. The van der Waals surface area contributed by atoms with Crippen LogP contribution >= 0.6 is 0 Å². The van der Waals surface area contributed by atoms with Gasteiger partial charge in [0.15, 0.2) is 0 Å². The number of nitro groups is 1. The quantitative estimate of drug-likeness (QED) is 0.0962. The fourth-order valence-corrected chi connectivity index (χ4v) is 4.66. The van der Waals surface area contributed by atoms with Crippen molar-refractivity contribution in [2.75, 3.05) is 4.90 Å². The van der Waals surface area contributed by atoms with Crippen LogP contribution in [-0.4, -0.2) is 16.9 Å². The number of carbonyl (C=O) groups is 1. The van der Waals surface area contributed by atoms with Gasteiger partial charge in [-0.1, -0.05) is 48.5 Å². The molecule has 0 spiro atoms. The lowest BCUT2D eigenvalue weighted by Gasteiger charge is -2.46. The molecule has 6 rings (SSSR count). The number of anilines is 1. The molecule has 5 aromatic rings. The van der Waals surface area contributed by atoms with Crippen LogP contribution in [0.1, 0.15) is 11.6 Å². The van der Waals surface area contributed by atoms with Crippen LogP contribution in [0, 0.1) is 10.1 Å². The lowest BCUT2D eigenvalue weighted by molar-refractivity contribution is -0.384. The lowest BCUT2D eigenvalue weighted by Crippen LogP contribution is -2.61. The van der Waals surface area contributed by atoms with Crippen molar-refractivity contribution in [3.8, 4) is 5.75 Å². The number of ether oxygens (including phenoxy) is 1. The summed E-state index contributed by atoms with van der Waals surface area (Å²) in [5.41, 5.74) is 2.77. The zero-order valence-electron chi connectivity index (χ0n) is 20.6. The van der Waals surface area contributed by atoms with Crippen molar-refractivity contribution >= 4 is 39.4 Å². The third-order valence-electron chi connectivity index (χ3n) is 6.64. The first kappa shape index (κ1) is 24.0. The summed E-state index contributed by atoms with van der Waals surface area (Å²) in [6.07, 6.45) is -0.787. The summed E-state index contributed by atoms with van der Waals surface area (Å²) < 4.78 is 6.22. The minimum Gasteiger partial charge on any atom is -0.478 e.